The molecule has 0 spiro atoms. The van der Waals surface area contributed by atoms with E-state index in [2.05, 4.69) is 15.2 Å². The minimum Gasteiger partial charge on any atom is -0.497 e. The molecule has 43 heavy (non-hydrogen) atoms. The van der Waals surface area contributed by atoms with Gasteiger partial charge in [0.1, 0.15) is 17.1 Å². The van der Waals surface area contributed by atoms with Crippen molar-refractivity contribution in [1.82, 2.24) is 20.1 Å². The Labute approximate surface area is 254 Å². The van der Waals surface area contributed by atoms with Crippen LogP contribution in [0.25, 0.3) is 10.9 Å². The number of aromatic nitrogens is 1. The molecule has 230 valence electrons. The number of carbonyl (C=O) groups excluding carboxylic acids is 2. The first-order valence-corrected chi connectivity index (χ1v) is 15.1. The van der Waals surface area contributed by atoms with Crippen molar-refractivity contribution in [2.45, 2.75) is 70.6 Å². The maximum absolute atomic E-state index is 13.0. The fourth-order valence-corrected chi connectivity index (χ4v) is 6.00. The Morgan fingerprint density at radius 3 is 2.47 bits per heavy atom. The van der Waals surface area contributed by atoms with E-state index in [0.29, 0.717) is 17.4 Å². The van der Waals surface area contributed by atoms with Crippen LogP contribution in [0.15, 0.2) is 48.7 Å². The third kappa shape index (κ3) is 7.04. The second kappa shape index (κ2) is 12.4. The van der Waals surface area contributed by atoms with Gasteiger partial charge in [0.15, 0.2) is 0 Å². The molecule has 6 rings (SSSR count). The zero-order valence-corrected chi connectivity index (χ0v) is 26.2. The molecule has 2 aliphatic heterocycles. The molecule has 1 unspecified atom stereocenters. The van der Waals surface area contributed by atoms with E-state index >= 15 is 0 Å². The normalized spacial score (nSPS) is 19.1. The molecule has 3 heterocycles. The van der Waals surface area contributed by atoms with Crippen LogP contribution in [-0.4, -0.2) is 78.8 Å². The molecular formula is C34H44N4O5. The van der Waals surface area contributed by atoms with Crippen LogP contribution in [0.4, 0.5) is 4.79 Å². The SMILES string of the molecule is CC(C)(C)OC(=O)N1CCN2CCCC2C1.COc1ccc(C)c(C(=O)NC2(c3cc(OC)cc4ncccc34)CC2)c1. The monoisotopic (exact) mass is 588 g/mol. The summed E-state index contributed by atoms with van der Waals surface area (Å²) in [7, 11) is 3.25. The minimum atomic E-state index is -0.386. The quantitative estimate of drug-likeness (QED) is 0.410. The van der Waals surface area contributed by atoms with E-state index in [4.69, 9.17) is 14.2 Å². The van der Waals surface area contributed by atoms with Gasteiger partial charge in [0.25, 0.3) is 5.91 Å². The number of pyridine rings is 1. The second-order valence-electron chi connectivity index (χ2n) is 12.7. The average Bonchev–Trinajstić information content (AvgIpc) is 3.60. The van der Waals surface area contributed by atoms with E-state index in [9.17, 15) is 9.59 Å². The topological polar surface area (TPSA) is 93.2 Å². The molecule has 3 fully saturated rings. The van der Waals surface area contributed by atoms with Crippen molar-refractivity contribution in [2.24, 2.45) is 0 Å². The van der Waals surface area contributed by atoms with E-state index in [1.807, 2.05) is 69.0 Å². The lowest BCUT2D eigenvalue weighted by Crippen LogP contribution is -2.53. The molecule has 3 aliphatic rings. The largest absolute Gasteiger partial charge is 0.497 e. The number of ether oxygens (including phenoxy) is 3. The minimum absolute atomic E-state index is 0.0937. The molecule has 1 saturated carbocycles. The van der Waals surface area contributed by atoms with Crippen molar-refractivity contribution in [1.29, 1.82) is 0 Å². The van der Waals surface area contributed by atoms with E-state index in [0.717, 1.165) is 60.3 Å². The second-order valence-corrected chi connectivity index (χ2v) is 12.7. The lowest BCUT2D eigenvalue weighted by atomic mass is 9.97. The molecule has 1 N–H and O–H groups in total. The molecule has 1 aliphatic carbocycles. The number of fused-ring (bicyclic) bond motifs is 2. The Balaban J connectivity index is 0.000000196. The van der Waals surface area contributed by atoms with Crippen molar-refractivity contribution >= 4 is 22.9 Å². The van der Waals surface area contributed by atoms with E-state index < -0.39 is 0 Å². The molecular weight excluding hydrogens is 544 g/mol. The highest BCUT2D eigenvalue weighted by Gasteiger charge is 2.47. The third-order valence-electron chi connectivity index (χ3n) is 8.48. The van der Waals surface area contributed by atoms with Gasteiger partial charge in [-0.25, -0.2) is 4.79 Å². The maximum Gasteiger partial charge on any atom is 0.410 e. The number of aryl methyl sites for hydroxylation is 1. The van der Waals surface area contributed by atoms with Crippen molar-refractivity contribution in [3.63, 3.8) is 0 Å². The summed E-state index contributed by atoms with van der Waals surface area (Å²) in [5, 5.41) is 4.30. The number of amides is 2. The van der Waals surface area contributed by atoms with Crippen LogP contribution >= 0.6 is 0 Å². The molecule has 0 radical (unpaired) electrons. The van der Waals surface area contributed by atoms with Gasteiger partial charge >= 0.3 is 6.09 Å². The van der Waals surface area contributed by atoms with Crippen molar-refractivity contribution in [3.8, 4) is 11.5 Å². The van der Waals surface area contributed by atoms with Crippen LogP contribution in [0.3, 0.4) is 0 Å². The van der Waals surface area contributed by atoms with Crippen molar-refractivity contribution in [2.75, 3.05) is 40.4 Å². The number of benzene rings is 2. The van der Waals surface area contributed by atoms with Crippen LogP contribution in [-0.2, 0) is 10.3 Å². The summed E-state index contributed by atoms with van der Waals surface area (Å²) < 4.78 is 16.1. The Morgan fingerprint density at radius 1 is 1.00 bits per heavy atom. The van der Waals surface area contributed by atoms with E-state index in [1.165, 1.54) is 19.4 Å². The highest BCUT2D eigenvalue weighted by Crippen LogP contribution is 2.49. The summed E-state index contributed by atoms with van der Waals surface area (Å²) in [5.74, 6) is 1.32. The molecule has 3 aromatic rings. The fourth-order valence-electron chi connectivity index (χ4n) is 6.00. The number of piperazine rings is 1. The molecule has 0 bridgehead atoms. The number of rotatable bonds is 5. The summed E-state index contributed by atoms with van der Waals surface area (Å²) in [6.45, 7) is 11.5. The lowest BCUT2D eigenvalue weighted by molar-refractivity contribution is 0.00924. The van der Waals surface area contributed by atoms with Crippen molar-refractivity contribution in [3.05, 3.63) is 65.4 Å². The zero-order chi connectivity index (χ0) is 30.8. The van der Waals surface area contributed by atoms with Gasteiger partial charge in [0.05, 0.1) is 25.3 Å². The van der Waals surface area contributed by atoms with Crippen LogP contribution in [0.2, 0.25) is 0 Å². The molecule has 9 nitrogen and oxygen atoms in total. The Hall–Kier alpha value is -3.85. The van der Waals surface area contributed by atoms with Gasteiger partial charge in [-0.1, -0.05) is 12.1 Å². The highest BCUT2D eigenvalue weighted by molar-refractivity contribution is 5.97. The van der Waals surface area contributed by atoms with Crippen LogP contribution in [0.1, 0.15) is 67.9 Å². The van der Waals surface area contributed by atoms with Gasteiger partial charge in [-0.3, -0.25) is 14.7 Å². The van der Waals surface area contributed by atoms with Gasteiger partial charge in [0.2, 0.25) is 0 Å². The third-order valence-corrected chi connectivity index (χ3v) is 8.48. The summed E-state index contributed by atoms with van der Waals surface area (Å²) >= 11 is 0. The maximum atomic E-state index is 13.0. The molecule has 1 aromatic heterocycles. The standard InChI is InChI=1S/C22H22N2O3.C12H22N2O2/c1-14-6-7-15(26-2)11-18(14)21(25)24-22(8-9-22)19-12-16(27-3)13-20-17(19)5-4-10-23-20;1-12(2,3)16-11(15)14-8-7-13-6-4-5-10(13)9-14/h4-7,10-13H,8-9H2,1-3H3,(H,24,25);10H,4-9H2,1-3H3. The van der Waals surface area contributed by atoms with Gasteiger partial charge in [-0.05, 0) is 95.3 Å². The first-order chi connectivity index (χ1) is 20.5. The van der Waals surface area contributed by atoms with Gasteiger partial charge < -0.3 is 24.4 Å². The number of nitrogens with one attached hydrogen (secondary N) is 1. The summed E-state index contributed by atoms with van der Waals surface area (Å²) in [6.07, 6.45) is 5.88. The number of hydrogen-bond acceptors (Lipinski definition) is 7. The Kier molecular flexibility index (Phi) is 8.83. The van der Waals surface area contributed by atoms with E-state index in [1.54, 1.807) is 26.5 Å². The zero-order valence-electron chi connectivity index (χ0n) is 26.2. The number of methoxy groups -OCH3 is 2. The average molecular weight is 589 g/mol. The first-order valence-electron chi connectivity index (χ1n) is 15.1. The summed E-state index contributed by atoms with van der Waals surface area (Å²) in [4.78, 5) is 33.7. The summed E-state index contributed by atoms with van der Waals surface area (Å²) in [5.41, 5.74) is 2.70. The number of carbonyl (C=O) groups is 2. The highest BCUT2D eigenvalue weighted by atomic mass is 16.6. The fraction of sp³-hybridized carbons (Fsp3) is 0.500. The number of hydrogen-bond donors (Lipinski definition) is 1. The number of nitrogens with zero attached hydrogens (tertiary/aromatic N) is 3. The Bertz CT molecular complexity index is 1480. The van der Waals surface area contributed by atoms with Gasteiger partial charge in [-0.2, -0.15) is 0 Å². The van der Waals surface area contributed by atoms with Crippen molar-refractivity contribution < 1.29 is 23.8 Å². The predicted molar refractivity (Wildman–Crippen MR) is 167 cm³/mol. The Morgan fingerprint density at radius 2 is 1.77 bits per heavy atom. The predicted octanol–water partition coefficient (Wildman–Crippen LogP) is 5.68. The summed E-state index contributed by atoms with van der Waals surface area (Å²) in [6, 6.07) is 14.0. The molecule has 2 aromatic carbocycles. The first kappa shape index (κ1) is 30.6. The van der Waals surface area contributed by atoms with Crippen LogP contribution in [0.5, 0.6) is 11.5 Å². The molecule has 9 heteroatoms. The van der Waals surface area contributed by atoms with E-state index in [-0.39, 0.29) is 23.1 Å². The van der Waals surface area contributed by atoms with Crippen LogP contribution < -0.4 is 14.8 Å². The smallest absolute Gasteiger partial charge is 0.410 e. The molecule has 2 saturated heterocycles. The van der Waals surface area contributed by atoms with Crippen LogP contribution in [0, 0.1) is 6.92 Å². The van der Waals surface area contributed by atoms with Gasteiger partial charge in [0, 0.05) is 48.9 Å². The molecule has 2 amide bonds. The lowest BCUT2D eigenvalue weighted by Gasteiger charge is -2.37. The molecule has 1 atom stereocenters. The van der Waals surface area contributed by atoms with Gasteiger partial charge in [-0.15, -0.1) is 0 Å².